The van der Waals surface area contributed by atoms with E-state index < -0.39 is 42.1 Å². The van der Waals surface area contributed by atoms with E-state index in [0.717, 1.165) is 6.92 Å². The minimum atomic E-state index is -4.71. The third-order valence-corrected chi connectivity index (χ3v) is 4.62. The van der Waals surface area contributed by atoms with Crippen LogP contribution in [0.15, 0.2) is 48.5 Å². The van der Waals surface area contributed by atoms with E-state index >= 15 is 0 Å². The van der Waals surface area contributed by atoms with E-state index in [9.17, 15) is 32.7 Å². The molecule has 0 spiro atoms. The van der Waals surface area contributed by atoms with Gasteiger partial charge >= 0.3 is 6.18 Å². The van der Waals surface area contributed by atoms with Gasteiger partial charge in [0.15, 0.2) is 0 Å². The van der Waals surface area contributed by atoms with Crippen molar-refractivity contribution in [1.82, 2.24) is 10.6 Å². The largest absolute Gasteiger partial charge is 0.405 e. The molecule has 3 amide bonds. The number of nitrogens with one attached hydrogen (secondary N) is 3. The van der Waals surface area contributed by atoms with E-state index in [2.05, 4.69) is 10.6 Å². The number of halogens is 3. The van der Waals surface area contributed by atoms with E-state index in [1.807, 2.05) is 0 Å². The first-order valence-electron chi connectivity index (χ1n) is 8.88. The fourth-order valence-electron chi connectivity index (χ4n) is 3.04. The maximum absolute atomic E-state index is 12.8. The van der Waals surface area contributed by atoms with Crippen molar-refractivity contribution >= 4 is 23.4 Å². The van der Waals surface area contributed by atoms with Crippen molar-refractivity contribution in [3.63, 3.8) is 0 Å². The molecule has 0 unspecified atom stereocenters. The molecule has 4 N–H and O–H groups in total. The SMILES string of the molecule is C[C@](O)(C(=O)NCC(F)(F)F)C(=O)N[C@@H]1C(=O)Nc2ccccc2-c2ccccc21. The molecular formula is C20H18F3N3O4. The summed E-state index contributed by atoms with van der Waals surface area (Å²) in [6.45, 7) is -0.958. The van der Waals surface area contributed by atoms with Gasteiger partial charge in [-0.2, -0.15) is 13.2 Å². The molecule has 2 atom stereocenters. The van der Waals surface area contributed by atoms with Crippen LogP contribution in [0.1, 0.15) is 18.5 Å². The molecule has 0 aliphatic carbocycles. The Hall–Kier alpha value is -3.40. The molecule has 0 saturated heterocycles. The number of fused-ring (bicyclic) bond motifs is 3. The molecule has 0 saturated carbocycles. The molecule has 30 heavy (non-hydrogen) atoms. The molecule has 1 aliphatic rings. The van der Waals surface area contributed by atoms with Crippen LogP contribution in [0.4, 0.5) is 18.9 Å². The number of carbonyl (C=O) groups excluding carboxylic acids is 3. The molecule has 0 radical (unpaired) electrons. The molecule has 10 heteroatoms. The Balaban J connectivity index is 1.88. The summed E-state index contributed by atoms with van der Waals surface area (Å²) < 4.78 is 37.0. The number of benzene rings is 2. The Kier molecular flexibility index (Phi) is 5.53. The number of aliphatic hydroxyl groups is 1. The van der Waals surface area contributed by atoms with E-state index in [1.54, 1.807) is 48.5 Å². The van der Waals surface area contributed by atoms with Crippen LogP contribution in [0.2, 0.25) is 0 Å². The molecule has 1 heterocycles. The predicted octanol–water partition coefficient (Wildman–Crippen LogP) is 1.89. The Morgan fingerprint density at radius 3 is 2.30 bits per heavy atom. The summed E-state index contributed by atoms with van der Waals surface area (Å²) in [6, 6.07) is 12.4. The summed E-state index contributed by atoms with van der Waals surface area (Å²) in [5.41, 5.74) is -0.591. The lowest BCUT2D eigenvalue weighted by molar-refractivity contribution is -0.158. The summed E-state index contributed by atoms with van der Waals surface area (Å²) in [7, 11) is 0. The summed E-state index contributed by atoms with van der Waals surface area (Å²) >= 11 is 0. The number of carbonyl (C=O) groups is 3. The molecule has 7 nitrogen and oxygen atoms in total. The van der Waals surface area contributed by atoms with Crippen LogP contribution in [-0.2, 0) is 14.4 Å². The van der Waals surface area contributed by atoms with Gasteiger partial charge in [0.05, 0.1) is 0 Å². The molecule has 1 aliphatic heterocycles. The van der Waals surface area contributed by atoms with Gasteiger partial charge in [0.25, 0.3) is 17.7 Å². The van der Waals surface area contributed by atoms with Gasteiger partial charge < -0.3 is 21.1 Å². The highest BCUT2D eigenvalue weighted by Gasteiger charge is 2.43. The second-order valence-corrected chi connectivity index (χ2v) is 6.90. The lowest BCUT2D eigenvalue weighted by Crippen LogP contribution is -2.57. The van der Waals surface area contributed by atoms with Crippen LogP contribution in [0.25, 0.3) is 11.1 Å². The molecule has 2 aromatic rings. The first-order chi connectivity index (χ1) is 14.0. The zero-order valence-corrected chi connectivity index (χ0v) is 15.7. The second kappa shape index (κ2) is 7.79. The monoisotopic (exact) mass is 421 g/mol. The van der Waals surface area contributed by atoms with Gasteiger partial charge in [-0.1, -0.05) is 42.5 Å². The minimum Gasteiger partial charge on any atom is -0.372 e. The second-order valence-electron chi connectivity index (χ2n) is 6.90. The Morgan fingerprint density at radius 1 is 1.03 bits per heavy atom. The average Bonchev–Trinajstić information content (AvgIpc) is 2.80. The molecule has 3 rings (SSSR count). The van der Waals surface area contributed by atoms with E-state index in [-0.39, 0.29) is 0 Å². The van der Waals surface area contributed by atoms with Crippen molar-refractivity contribution in [2.75, 3.05) is 11.9 Å². The summed E-state index contributed by atoms with van der Waals surface area (Å²) in [5.74, 6) is -3.49. The van der Waals surface area contributed by atoms with Gasteiger partial charge in [0.2, 0.25) is 5.60 Å². The predicted molar refractivity (Wildman–Crippen MR) is 101 cm³/mol. The van der Waals surface area contributed by atoms with E-state index in [0.29, 0.717) is 22.4 Å². The van der Waals surface area contributed by atoms with Gasteiger partial charge in [-0.15, -0.1) is 0 Å². The number of alkyl halides is 3. The van der Waals surface area contributed by atoms with Crippen molar-refractivity contribution in [2.45, 2.75) is 24.7 Å². The quantitative estimate of drug-likeness (QED) is 0.566. The van der Waals surface area contributed by atoms with Crippen LogP contribution in [0, 0.1) is 0 Å². The fourth-order valence-corrected chi connectivity index (χ4v) is 3.04. The zero-order chi connectivity index (χ0) is 22.1. The molecule has 0 aromatic heterocycles. The normalized spacial score (nSPS) is 17.5. The third-order valence-electron chi connectivity index (χ3n) is 4.62. The van der Waals surface area contributed by atoms with Crippen LogP contribution in [0.5, 0.6) is 0 Å². The highest BCUT2D eigenvalue weighted by atomic mass is 19.4. The number of hydrogen-bond donors (Lipinski definition) is 4. The van der Waals surface area contributed by atoms with Crippen molar-refractivity contribution in [1.29, 1.82) is 0 Å². The topological polar surface area (TPSA) is 108 Å². The first-order valence-corrected chi connectivity index (χ1v) is 8.88. The maximum atomic E-state index is 12.8. The average molecular weight is 421 g/mol. The fraction of sp³-hybridized carbons (Fsp3) is 0.250. The highest BCUT2D eigenvalue weighted by molar-refractivity contribution is 6.10. The van der Waals surface area contributed by atoms with Crippen molar-refractivity contribution < 1.29 is 32.7 Å². The van der Waals surface area contributed by atoms with Gasteiger partial charge in [0.1, 0.15) is 12.6 Å². The van der Waals surface area contributed by atoms with E-state index in [4.69, 9.17) is 0 Å². The minimum absolute atomic E-state index is 0.403. The number of rotatable bonds is 4. The van der Waals surface area contributed by atoms with Crippen LogP contribution in [-0.4, -0.2) is 41.2 Å². The summed E-state index contributed by atoms with van der Waals surface area (Å²) in [6.07, 6.45) is -4.71. The molecular weight excluding hydrogens is 403 g/mol. The van der Waals surface area contributed by atoms with E-state index in [1.165, 1.54) is 5.32 Å². The van der Waals surface area contributed by atoms with Gasteiger partial charge in [-0.25, -0.2) is 0 Å². The summed E-state index contributed by atoms with van der Waals surface area (Å²) in [5, 5.41) is 16.6. The van der Waals surface area contributed by atoms with Crippen LogP contribution in [0.3, 0.4) is 0 Å². The van der Waals surface area contributed by atoms with Crippen LogP contribution >= 0.6 is 0 Å². The molecule has 0 bridgehead atoms. The van der Waals surface area contributed by atoms with Crippen molar-refractivity contribution in [2.24, 2.45) is 0 Å². The van der Waals surface area contributed by atoms with Gasteiger partial charge in [0, 0.05) is 11.3 Å². The van der Waals surface area contributed by atoms with Gasteiger partial charge in [-0.3, -0.25) is 14.4 Å². The maximum Gasteiger partial charge on any atom is 0.405 e. The lowest BCUT2D eigenvalue weighted by atomic mass is 9.94. The Bertz CT molecular complexity index is 1000. The highest BCUT2D eigenvalue weighted by Crippen LogP contribution is 2.37. The Labute approximate surface area is 169 Å². The number of amides is 3. The van der Waals surface area contributed by atoms with Crippen molar-refractivity contribution in [3.05, 3.63) is 54.1 Å². The lowest BCUT2D eigenvalue weighted by Gasteiger charge is -2.25. The number of para-hydroxylation sites is 1. The van der Waals surface area contributed by atoms with Crippen LogP contribution < -0.4 is 16.0 Å². The molecule has 0 fully saturated rings. The zero-order valence-electron chi connectivity index (χ0n) is 15.7. The molecule has 158 valence electrons. The molecule has 2 aromatic carbocycles. The third kappa shape index (κ3) is 4.28. The summed E-state index contributed by atoms with van der Waals surface area (Å²) in [4.78, 5) is 37.3. The van der Waals surface area contributed by atoms with Gasteiger partial charge in [-0.05, 0) is 24.1 Å². The van der Waals surface area contributed by atoms with Crippen molar-refractivity contribution in [3.8, 4) is 11.1 Å². The number of hydrogen-bond acceptors (Lipinski definition) is 4. The standard InChI is InChI=1S/C20H18F3N3O4/c1-19(30,17(28)24-10-20(21,22)23)18(29)26-15-13-8-3-2-6-11(13)12-7-4-5-9-14(12)25-16(15)27/h2-9,15,30H,10H2,1H3,(H,24,28)(H,25,27)(H,26,29)/t15-,19-/m0/s1. The number of anilines is 1. The smallest absolute Gasteiger partial charge is 0.372 e. The first kappa shape index (κ1) is 21.3. The Morgan fingerprint density at radius 2 is 1.63 bits per heavy atom.